The van der Waals surface area contributed by atoms with Crippen molar-refractivity contribution < 1.29 is 9.59 Å². The molecule has 2 rings (SSSR count). The Hall–Kier alpha value is -1.01. The molecule has 2 atom stereocenters. The molecule has 122 valence electrons. The minimum absolute atomic E-state index is 0. The van der Waals surface area contributed by atoms with E-state index in [1.165, 1.54) is 0 Å². The van der Waals surface area contributed by atoms with E-state index in [1.54, 1.807) is 4.90 Å². The van der Waals surface area contributed by atoms with Crippen LogP contribution in [0.4, 0.5) is 4.79 Å². The lowest BCUT2D eigenvalue weighted by atomic mass is 9.95. The summed E-state index contributed by atoms with van der Waals surface area (Å²) in [5.41, 5.74) is 5.34. The largest absolute Gasteiger partial charge is 0.351 e. The van der Waals surface area contributed by atoms with Crippen LogP contribution in [0.3, 0.4) is 0 Å². The van der Waals surface area contributed by atoms with Gasteiger partial charge in [-0.15, -0.1) is 12.4 Å². The van der Waals surface area contributed by atoms with Crippen molar-refractivity contribution in [1.29, 1.82) is 0 Å². The fraction of sp³-hybridized carbons (Fsp3) is 0.857. The third kappa shape index (κ3) is 4.48. The maximum absolute atomic E-state index is 12.8. The number of primary amides is 1. The average Bonchev–Trinajstić information content (AvgIpc) is 2.98. The number of nitrogens with one attached hydrogen (secondary N) is 1. The van der Waals surface area contributed by atoms with Gasteiger partial charge in [-0.25, -0.2) is 4.79 Å². The number of urea groups is 1. The van der Waals surface area contributed by atoms with Gasteiger partial charge in [0.05, 0.1) is 5.92 Å². The molecule has 0 spiro atoms. The highest BCUT2D eigenvalue weighted by atomic mass is 35.5. The van der Waals surface area contributed by atoms with E-state index < -0.39 is 6.03 Å². The minimum atomic E-state index is -0.410. The Balaban J connectivity index is 0.00000220. The Morgan fingerprint density at radius 3 is 2.71 bits per heavy atom. The minimum Gasteiger partial charge on any atom is -0.351 e. The van der Waals surface area contributed by atoms with E-state index in [2.05, 4.69) is 12.2 Å². The van der Waals surface area contributed by atoms with Gasteiger partial charge in [0.15, 0.2) is 0 Å². The van der Waals surface area contributed by atoms with Crippen LogP contribution in [0.1, 0.15) is 32.6 Å². The van der Waals surface area contributed by atoms with Crippen molar-refractivity contribution in [1.82, 2.24) is 15.1 Å². The van der Waals surface area contributed by atoms with Crippen LogP contribution >= 0.6 is 12.4 Å². The Morgan fingerprint density at radius 2 is 2.14 bits per heavy atom. The summed E-state index contributed by atoms with van der Waals surface area (Å²) in [6, 6.07) is -0.0986. The molecule has 3 N–H and O–H groups in total. The van der Waals surface area contributed by atoms with Gasteiger partial charge in [0.25, 0.3) is 0 Å². The van der Waals surface area contributed by atoms with Crippen molar-refractivity contribution in [2.45, 2.75) is 38.6 Å². The number of likely N-dealkylation sites (tertiary alicyclic amines) is 1. The highest BCUT2D eigenvalue weighted by Gasteiger charge is 2.34. The SMILES string of the molecule is CCCN(C(=O)C1CCCN(C(N)=O)C1)C1CCNC1.Cl. The summed E-state index contributed by atoms with van der Waals surface area (Å²) < 4.78 is 0. The van der Waals surface area contributed by atoms with Crippen molar-refractivity contribution in [3.05, 3.63) is 0 Å². The third-order valence-corrected chi connectivity index (χ3v) is 4.30. The van der Waals surface area contributed by atoms with Gasteiger partial charge in [0.1, 0.15) is 0 Å². The molecule has 3 amide bonds. The van der Waals surface area contributed by atoms with Gasteiger partial charge in [-0.3, -0.25) is 4.79 Å². The average molecular weight is 319 g/mol. The number of nitrogens with zero attached hydrogens (tertiary/aromatic N) is 2. The first-order valence-electron chi connectivity index (χ1n) is 7.69. The molecule has 21 heavy (non-hydrogen) atoms. The molecule has 2 heterocycles. The smallest absolute Gasteiger partial charge is 0.314 e. The monoisotopic (exact) mass is 318 g/mol. The van der Waals surface area contributed by atoms with Gasteiger partial charge in [0.2, 0.25) is 5.91 Å². The number of carbonyl (C=O) groups is 2. The molecular weight excluding hydrogens is 292 g/mol. The molecule has 0 aromatic heterocycles. The van der Waals surface area contributed by atoms with Gasteiger partial charge in [-0.1, -0.05) is 6.92 Å². The Bertz CT molecular complexity index is 361. The molecule has 0 aromatic carbocycles. The Labute approximate surface area is 132 Å². The number of halogens is 1. The van der Waals surface area contributed by atoms with E-state index >= 15 is 0 Å². The molecular formula is C14H27ClN4O2. The van der Waals surface area contributed by atoms with Crippen molar-refractivity contribution >= 4 is 24.3 Å². The summed E-state index contributed by atoms with van der Waals surface area (Å²) in [7, 11) is 0. The molecule has 2 fully saturated rings. The summed E-state index contributed by atoms with van der Waals surface area (Å²) in [6.07, 6.45) is 3.72. The normalized spacial score (nSPS) is 25.3. The number of hydrogen-bond donors (Lipinski definition) is 2. The molecule has 2 aliphatic rings. The van der Waals surface area contributed by atoms with Gasteiger partial charge >= 0.3 is 6.03 Å². The third-order valence-electron chi connectivity index (χ3n) is 4.30. The molecule has 2 aliphatic heterocycles. The number of carbonyl (C=O) groups excluding carboxylic acids is 2. The fourth-order valence-corrected chi connectivity index (χ4v) is 3.23. The first-order valence-corrected chi connectivity index (χ1v) is 7.69. The van der Waals surface area contributed by atoms with Gasteiger partial charge in [-0.05, 0) is 32.2 Å². The maximum atomic E-state index is 12.8. The quantitative estimate of drug-likeness (QED) is 0.804. The zero-order valence-electron chi connectivity index (χ0n) is 12.7. The number of amides is 3. The predicted molar refractivity (Wildman–Crippen MR) is 84.4 cm³/mol. The lowest BCUT2D eigenvalue weighted by molar-refractivity contribution is -0.139. The van der Waals surface area contributed by atoms with E-state index in [9.17, 15) is 9.59 Å². The molecule has 0 radical (unpaired) electrons. The zero-order valence-corrected chi connectivity index (χ0v) is 13.5. The topological polar surface area (TPSA) is 78.7 Å². The van der Waals surface area contributed by atoms with Crippen LogP contribution in [0.5, 0.6) is 0 Å². The summed E-state index contributed by atoms with van der Waals surface area (Å²) in [5.74, 6) is 0.120. The van der Waals surface area contributed by atoms with Crippen LogP contribution in [0, 0.1) is 5.92 Å². The van der Waals surface area contributed by atoms with E-state index in [1.807, 2.05) is 4.90 Å². The summed E-state index contributed by atoms with van der Waals surface area (Å²) in [5, 5.41) is 3.32. The number of rotatable bonds is 4. The molecule has 0 bridgehead atoms. The Morgan fingerprint density at radius 1 is 1.38 bits per heavy atom. The molecule has 0 saturated carbocycles. The van der Waals surface area contributed by atoms with Crippen LogP contribution in [-0.2, 0) is 4.79 Å². The Kier molecular flexibility index (Phi) is 7.25. The van der Waals surface area contributed by atoms with Gasteiger partial charge in [-0.2, -0.15) is 0 Å². The van der Waals surface area contributed by atoms with Crippen molar-refractivity contribution in [2.75, 3.05) is 32.7 Å². The molecule has 2 unspecified atom stereocenters. The van der Waals surface area contributed by atoms with Crippen molar-refractivity contribution in [3.63, 3.8) is 0 Å². The summed E-state index contributed by atoms with van der Waals surface area (Å²) in [4.78, 5) is 27.7. The first-order chi connectivity index (χ1) is 9.63. The predicted octanol–water partition coefficient (Wildman–Crippen LogP) is 0.799. The van der Waals surface area contributed by atoms with Crippen LogP contribution in [0.2, 0.25) is 0 Å². The second-order valence-electron chi connectivity index (χ2n) is 5.80. The van der Waals surface area contributed by atoms with Gasteiger partial charge in [0, 0.05) is 32.2 Å². The van der Waals surface area contributed by atoms with E-state index in [0.29, 0.717) is 19.1 Å². The highest BCUT2D eigenvalue weighted by Crippen LogP contribution is 2.21. The summed E-state index contributed by atoms with van der Waals surface area (Å²) >= 11 is 0. The highest BCUT2D eigenvalue weighted by molar-refractivity contribution is 5.85. The van der Waals surface area contributed by atoms with E-state index in [-0.39, 0.29) is 24.2 Å². The van der Waals surface area contributed by atoms with Crippen molar-refractivity contribution in [2.24, 2.45) is 11.7 Å². The van der Waals surface area contributed by atoms with Gasteiger partial charge < -0.3 is 20.9 Å². The van der Waals surface area contributed by atoms with Crippen LogP contribution in [0.25, 0.3) is 0 Å². The molecule has 0 aromatic rings. The number of piperidine rings is 1. The first kappa shape index (κ1) is 18.0. The number of hydrogen-bond acceptors (Lipinski definition) is 3. The van der Waals surface area contributed by atoms with E-state index in [4.69, 9.17) is 5.73 Å². The molecule has 7 heteroatoms. The molecule has 6 nitrogen and oxygen atoms in total. The van der Waals surface area contributed by atoms with Crippen molar-refractivity contribution in [3.8, 4) is 0 Å². The fourth-order valence-electron chi connectivity index (χ4n) is 3.23. The summed E-state index contributed by atoms with van der Waals surface area (Å²) in [6.45, 7) is 5.93. The lowest BCUT2D eigenvalue weighted by Gasteiger charge is -2.36. The molecule has 2 saturated heterocycles. The maximum Gasteiger partial charge on any atom is 0.314 e. The molecule has 0 aliphatic carbocycles. The second kappa shape index (κ2) is 8.44. The standard InChI is InChI=1S/C14H26N4O2.ClH/c1-2-7-18(12-5-6-16-9-12)13(19)11-4-3-8-17(10-11)14(15)20;/h11-12,16H,2-10H2,1H3,(H2,15,20);1H. The lowest BCUT2D eigenvalue weighted by Crippen LogP contribution is -2.51. The number of nitrogens with two attached hydrogens (primary N) is 1. The van der Waals surface area contributed by atoms with Crippen LogP contribution in [-0.4, -0.2) is 60.5 Å². The zero-order chi connectivity index (χ0) is 14.5. The second-order valence-corrected chi connectivity index (χ2v) is 5.80. The van der Waals surface area contributed by atoms with Crippen LogP contribution < -0.4 is 11.1 Å². The van der Waals surface area contributed by atoms with Crippen LogP contribution in [0.15, 0.2) is 0 Å². The van der Waals surface area contributed by atoms with E-state index in [0.717, 1.165) is 45.3 Å².